The van der Waals surface area contributed by atoms with E-state index < -0.39 is 0 Å². The Morgan fingerprint density at radius 3 is 1.92 bits per heavy atom. The van der Waals surface area contributed by atoms with Gasteiger partial charge in [-0.15, -0.1) is 0 Å². The van der Waals surface area contributed by atoms with Crippen molar-refractivity contribution in [1.29, 1.82) is 0 Å². The van der Waals surface area contributed by atoms with Gasteiger partial charge in [-0.25, -0.2) is 0 Å². The van der Waals surface area contributed by atoms with Crippen molar-refractivity contribution >= 4 is 38.6 Å². The van der Waals surface area contributed by atoms with E-state index in [2.05, 4.69) is 137 Å². The summed E-state index contributed by atoms with van der Waals surface area (Å²) in [6, 6.07) is 48.1. The molecule has 0 saturated carbocycles. The summed E-state index contributed by atoms with van der Waals surface area (Å²) in [6.07, 6.45) is 3.74. The van der Waals surface area contributed by atoms with Crippen LogP contribution in [0.4, 0.5) is 17.1 Å². The second-order valence-electron chi connectivity index (χ2n) is 10.1. The van der Waals surface area contributed by atoms with Crippen LogP contribution in [0.1, 0.15) is 0 Å². The van der Waals surface area contributed by atoms with E-state index in [-0.39, 0.29) is 0 Å². The van der Waals surface area contributed by atoms with Crippen LogP contribution in [0.25, 0.3) is 54.9 Å². The topological polar surface area (TPSA) is 16.1 Å². The maximum Gasteiger partial charge on any atom is 0.0644 e. The molecule has 0 aliphatic heterocycles. The number of hydrogen-bond acceptors (Lipinski definition) is 2. The molecule has 182 valence electrons. The van der Waals surface area contributed by atoms with Crippen LogP contribution >= 0.6 is 0 Å². The lowest BCUT2D eigenvalue weighted by atomic mass is 9.94. The summed E-state index contributed by atoms with van der Waals surface area (Å²) in [5.41, 5.74) is 11.0. The molecule has 0 unspecified atom stereocenters. The minimum absolute atomic E-state index is 1.03. The van der Waals surface area contributed by atoms with E-state index in [1.807, 2.05) is 18.5 Å². The molecule has 0 amide bonds. The van der Waals surface area contributed by atoms with Crippen LogP contribution in [0.15, 0.2) is 146 Å². The fourth-order valence-electron chi connectivity index (χ4n) is 6.10. The molecular weight excluding hydrogens is 472 g/mol. The Bertz CT molecular complexity index is 1980. The molecule has 1 heterocycles. The molecule has 0 N–H and O–H groups in total. The summed E-state index contributed by atoms with van der Waals surface area (Å²) in [5.74, 6) is 0. The monoisotopic (exact) mass is 496 g/mol. The molecule has 6 aromatic carbocycles. The number of fused-ring (bicyclic) bond motifs is 4. The molecule has 2 nitrogen and oxygen atoms in total. The van der Waals surface area contributed by atoms with Gasteiger partial charge in [0.1, 0.15) is 0 Å². The molecule has 8 rings (SSSR count). The normalized spacial score (nSPS) is 11.6. The maximum absolute atomic E-state index is 4.42. The zero-order valence-electron chi connectivity index (χ0n) is 21.3. The Kier molecular flexibility index (Phi) is 4.86. The third-order valence-corrected chi connectivity index (χ3v) is 7.88. The predicted octanol–water partition coefficient (Wildman–Crippen LogP) is 10.2. The number of pyridine rings is 1. The fourth-order valence-corrected chi connectivity index (χ4v) is 6.10. The molecule has 1 aliphatic carbocycles. The van der Waals surface area contributed by atoms with Crippen LogP contribution in [0, 0.1) is 0 Å². The van der Waals surface area contributed by atoms with Crippen molar-refractivity contribution in [2.45, 2.75) is 0 Å². The lowest BCUT2D eigenvalue weighted by Gasteiger charge is -2.25. The van der Waals surface area contributed by atoms with Gasteiger partial charge in [0, 0.05) is 17.6 Å². The Balaban J connectivity index is 1.24. The molecule has 0 atom stereocenters. The van der Waals surface area contributed by atoms with Gasteiger partial charge in [-0.1, -0.05) is 97.1 Å². The molecule has 0 bridgehead atoms. The fraction of sp³-hybridized carbons (Fsp3) is 0. The molecule has 7 aromatic rings. The van der Waals surface area contributed by atoms with E-state index in [9.17, 15) is 0 Å². The third kappa shape index (κ3) is 3.46. The summed E-state index contributed by atoms with van der Waals surface area (Å²) < 4.78 is 0. The van der Waals surface area contributed by atoms with Gasteiger partial charge in [0.25, 0.3) is 0 Å². The molecule has 1 aliphatic rings. The Labute approximate surface area is 227 Å². The van der Waals surface area contributed by atoms with Crippen molar-refractivity contribution in [3.8, 4) is 33.4 Å². The standard InChI is InChI=1S/C37H24N2/c1-2-8-27-23-29(19-14-25(27)7-1)39(30-9-6-22-38-24-30)28-17-15-26(16-18-28)31-20-21-36-33-11-4-3-10-32(33)35-13-5-12-34(31)37(35)36/h1-24H. The van der Waals surface area contributed by atoms with Crippen molar-refractivity contribution in [3.63, 3.8) is 0 Å². The number of rotatable bonds is 4. The third-order valence-electron chi connectivity index (χ3n) is 7.88. The minimum Gasteiger partial charge on any atom is -0.309 e. The van der Waals surface area contributed by atoms with Gasteiger partial charge in [-0.2, -0.15) is 0 Å². The average molecular weight is 497 g/mol. The van der Waals surface area contributed by atoms with Crippen molar-refractivity contribution < 1.29 is 0 Å². The van der Waals surface area contributed by atoms with Crippen LogP contribution in [0.5, 0.6) is 0 Å². The number of aromatic nitrogens is 1. The number of benzene rings is 6. The van der Waals surface area contributed by atoms with E-state index in [1.165, 1.54) is 54.9 Å². The maximum atomic E-state index is 4.42. The van der Waals surface area contributed by atoms with Gasteiger partial charge in [0.15, 0.2) is 0 Å². The van der Waals surface area contributed by atoms with Crippen LogP contribution in [-0.2, 0) is 0 Å². The first kappa shape index (κ1) is 21.8. The van der Waals surface area contributed by atoms with Crippen molar-refractivity contribution in [2.75, 3.05) is 4.90 Å². The predicted molar refractivity (Wildman–Crippen MR) is 164 cm³/mol. The van der Waals surface area contributed by atoms with E-state index in [0.29, 0.717) is 0 Å². The molecule has 1 aromatic heterocycles. The highest BCUT2D eigenvalue weighted by molar-refractivity contribution is 6.18. The van der Waals surface area contributed by atoms with Gasteiger partial charge in [0.05, 0.1) is 11.9 Å². The molecule has 0 radical (unpaired) electrons. The molecule has 39 heavy (non-hydrogen) atoms. The van der Waals surface area contributed by atoms with Gasteiger partial charge in [-0.05, 0) is 91.3 Å². The lowest BCUT2D eigenvalue weighted by molar-refractivity contribution is 1.23. The molecule has 2 heteroatoms. The second-order valence-corrected chi connectivity index (χ2v) is 10.1. The van der Waals surface area contributed by atoms with Gasteiger partial charge >= 0.3 is 0 Å². The Morgan fingerprint density at radius 2 is 1.13 bits per heavy atom. The van der Waals surface area contributed by atoms with Crippen LogP contribution < -0.4 is 4.90 Å². The summed E-state index contributed by atoms with van der Waals surface area (Å²) in [4.78, 5) is 6.69. The van der Waals surface area contributed by atoms with E-state index in [1.54, 1.807) is 0 Å². The summed E-state index contributed by atoms with van der Waals surface area (Å²) in [7, 11) is 0. The first-order valence-corrected chi connectivity index (χ1v) is 13.3. The van der Waals surface area contributed by atoms with Crippen LogP contribution in [0.2, 0.25) is 0 Å². The molecule has 0 spiro atoms. The smallest absolute Gasteiger partial charge is 0.0644 e. The second kappa shape index (κ2) is 8.68. The Morgan fingerprint density at radius 1 is 0.436 bits per heavy atom. The zero-order chi connectivity index (χ0) is 25.8. The number of hydrogen-bond donors (Lipinski definition) is 0. The molecule has 0 saturated heterocycles. The van der Waals surface area contributed by atoms with Gasteiger partial charge in [0.2, 0.25) is 0 Å². The highest BCUT2D eigenvalue weighted by atomic mass is 15.1. The number of anilines is 3. The van der Waals surface area contributed by atoms with Gasteiger partial charge < -0.3 is 4.90 Å². The first-order valence-electron chi connectivity index (χ1n) is 13.3. The SMILES string of the molecule is c1cncc(N(c2ccc(-c3ccc4c5c(cccc35)-c3ccccc3-4)cc2)c2ccc3ccccc3c2)c1. The highest BCUT2D eigenvalue weighted by Gasteiger charge is 2.22. The Hall–Kier alpha value is -5.21. The minimum atomic E-state index is 1.03. The van der Waals surface area contributed by atoms with Gasteiger partial charge in [-0.3, -0.25) is 4.98 Å². The lowest BCUT2D eigenvalue weighted by Crippen LogP contribution is -2.10. The van der Waals surface area contributed by atoms with Crippen LogP contribution in [0.3, 0.4) is 0 Å². The van der Waals surface area contributed by atoms with Crippen LogP contribution in [-0.4, -0.2) is 4.98 Å². The van der Waals surface area contributed by atoms with E-state index in [4.69, 9.17) is 0 Å². The van der Waals surface area contributed by atoms with E-state index in [0.717, 1.165) is 17.1 Å². The van der Waals surface area contributed by atoms with Crippen molar-refractivity contribution in [2.24, 2.45) is 0 Å². The average Bonchev–Trinajstić information content (AvgIpc) is 3.34. The summed E-state index contributed by atoms with van der Waals surface area (Å²) in [5, 5.41) is 5.10. The summed E-state index contributed by atoms with van der Waals surface area (Å²) in [6.45, 7) is 0. The van der Waals surface area contributed by atoms with Crippen molar-refractivity contribution in [1.82, 2.24) is 4.98 Å². The first-order chi connectivity index (χ1) is 19.3. The quantitative estimate of drug-likeness (QED) is 0.241. The van der Waals surface area contributed by atoms with E-state index >= 15 is 0 Å². The highest BCUT2D eigenvalue weighted by Crippen LogP contribution is 2.49. The largest absolute Gasteiger partial charge is 0.309 e. The molecular formula is C37H24N2. The van der Waals surface area contributed by atoms with Crippen molar-refractivity contribution in [3.05, 3.63) is 146 Å². The zero-order valence-corrected chi connectivity index (χ0v) is 21.3. The summed E-state index contributed by atoms with van der Waals surface area (Å²) >= 11 is 0. The number of nitrogens with zero attached hydrogens (tertiary/aromatic N) is 2. The molecule has 0 fully saturated rings.